The van der Waals surface area contributed by atoms with Crippen LogP contribution in [0.5, 0.6) is 11.5 Å². The maximum absolute atomic E-state index is 12.9. The first-order chi connectivity index (χ1) is 13.6. The van der Waals surface area contributed by atoms with Crippen LogP contribution in [0.2, 0.25) is 0 Å². The van der Waals surface area contributed by atoms with Crippen LogP contribution in [0.3, 0.4) is 0 Å². The van der Waals surface area contributed by atoms with Crippen molar-refractivity contribution in [2.75, 3.05) is 20.0 Å². The highest BCUT2D eigenvalue weighted by atomic mass is 32.2. The Kier molecular flexibility index (Phi) is 6.65. The first-order valence-corrected chi connectivity index (χ1v) is 9.56. The summed E-state index contributed by atoms with van der Waals surface area (Å²) in [5.74, 6) is 1.86. The zero-order valence-corrected chi connectivity index (χ0v) is 16.3. The normalized spacial score (nSPS) is 10.7. The van der Waals surface area contributed by atoms with Crippen LogP contribution in [0.4, 0.5) is 4.39 Å². The number of ether oxygens (including phenoxy) is 2. The van der Waals surface area contributed by atoms with Crippen molar-refractivity contribution in [1.82, 2.24) is 10.2 Å². The number of hydrogen-bond acceptors (Lipinski definition) is 7. The lowest BCUT2D eigenvalue weighted by atomic mass is 10.1. The maximum Gasteiger partial charge on any atom is 0.276 e. The van der Waals surface area contributed by atoms with Gasteiger partial charge in [0.2, 0.25) is 5.89 Å². The van der Waals surface area contributed by atoms with Crippen LogP contribution in [-0.2, 0) is 0 Å². The predicted octanol–water partition coefficient (Wildman–Crippen LogP) is 4.65. The molecule has 0 aliphatic rings. The quantitative estimate of drug-likeness (QED) is 0.293. The Morgan fingerprint density at radius 2 is 1.82 bits per heavy atom. The number of halogens is 1. The van der Waals surface area contributed by atoms with Crippen molar-refractivity contribution < 1.29 is 23.1 Å². The second-order valence-corrected chi connectivity index (χ2v) is 6.87. The molecule has 3 rings (SSSR count). The van der Waals surface area contributed by atoms with Crippen LogP contribution in [0.1, 0.15) is 23.2 Å². The van der Waals surface area contributed by atoms with E-state index in [2.05, 4.69) is 10.2 Å². The van der Waals surface area contributed by atoms with E-state index in [-0.39, 0.29) is 11.6 Å². The first kappa shape index (κ1) is 19.9. The fourth-order valence-electron chi connectivity index (χ4n) is 2.53. The molecule has 2 aromatic carbocycles. The smallest absolute Gasteiger partial charge is 0.276 e. The number of hydrogen-bond donors (Lipinski definition) is 0. The Balaban J connectivity index is 1.52. The highest BCUT2D eigenvalue weighted by Crippen LogP contribution is 2.32. The summed E-state index contributed by atoms with van der Waals surface area (Å²) in [7, 11) is 3.13. The van der Waals surface area contributed by atoms with Gasteiger partial charge in [0, 0.05) is 23.3 Å². The van der Waals surface area contributed by atoms with E-state index in [1.807, 2.05) is 6.07 Å². The first-order valence-electron chi connectivity index (χ1n) is 8.58. The Morgan fingerprint density at radius 1 is 1.07 bits per heavy atom. The number of benzene rings is 2. The molecule has 0 atom stereocenters. The van der Waals surface area contributed by atoms with E-state index in [1.54, 1.807) is 26.4 Å². The third kappa shape index (κ3) is 4.89. The average molecular weight is 402 g/mol. The zero-order valence-electron chi connectivity index (χ0n) is 15.5. The van der Waals surface area contributed by atoms with Gasteiger partial charge in [-0.2, -0.15) is 0 Å². The summed E-state index contributed by atoms with van der Waals surface area (Å²) in [5, 5.41) is 8.50. The highest BCUT2D eigenvalue weighted by Gasteiger charge is 2.13. The Morgan fingerprint density at radius 3 is 2.54 bits per heavy atom. The SMILES string of the molecule is COc1ccc(-c2nnc(SCCCC(=O)c3ccc(F)cc3)o2)cc1OC. The number of thioether (sulfide) groups is 1. The van der Waals surface area contributed by atoms with Gasteiger partial charge in [0.15, 0.2) is 17.3 Å². The molecule has 3 aromatic rings. The van der Waals surface area contributed by atoms with E-state index in [0.29, 0.717) is 46.8 Å². The molecule has 0 bridgehead atoms. The van der Waals surface area contributed by atoms with Crippen LogP contribution < -0.4 is 9.47 Å². The van der Waals surface area contributed by atoms with Crippen molar-refractivity contribution in [2.45, 2.75) is 18.1 Å². The molecule has 0 saturated heterocycles. The molecule has 0 aliphatic heterocycles. The summed E-state index contributed by atoms with van der Waals surface area (Å²) in [6.07, 6.45) is 1.02. The minimum Gasteiger partial charge on any atom is -0.493 e. The van der Waals surface area contributed by atoms with Crippen LogP contribution in [0.25, 0.3) is 11.5 Å². The van der Waals surface area contributed by atoms with Gasteiger partial charge < -0.3 is 13.9 Å². The zero-order chi connectivity index (χ0) is 19.9. The molecule has 0 spiro atoms. The summed E-state index contributed by atoms with van der Waals surface area (Å²) in [6.45, 7) is 0. The van der Waals surface area contributed by atoms with Crippen LogP contribution in [0, 0.1) is 5.82 Å². The molecule has 0 saturated carbocycles. The molecule has 0 aliphatic carbocycles. The monoisotopic (exact) mass is 402 g/mol. The molecule has 1 heterocycles. The Labute approximate surface area is 166 Å². The van der Waals surface area contributed by atoms with Crippen molar-refractivity contribution in [3.8, 4) is 23.0 Å². The highest BCUT2D eigenvalue weighted by molar-refractivity contribution is 7.99. The lowest BCUT2D eigenvalue weighted by Gasteiger charge is -2.07. The Bertz CT molecular complexity index is 944. The van der Waals surface area contributed by atoms with Crippen LogP contribution >= 0.6 is 11.8 Å². The molecule has 0 unspecified atom stereocenters. The van der Waals surface area contributed by atoms with Crippen molar-refractivity contribution in [3.05, 3.63) is 53.8 Å². The van der Waals surface area contributed by atoms with Gasteiger partial charge in [0.05, 0.1) is 14.2 Å². The Hall–Kier alpha value is -2.87. The lowest BCUT2D eigenvalue weighted by molar-refractivity contribution is 0.0982. The van der Waals surface area contributed by atoms with Gasteiger partial charge in [-0.15, -0.1) is 10.2 Å². The van der Waals surface area contributed by atoms with Gasteiger partial charge in [-0.1, -0.05) is 11.8 Å². The number of carbonyl (C=O) groups is 1. The second-order valence-electron chi connectivity index (χ2n) is 5.82. The maximum atomic E-state index is 12.9. The summed E-state index contributed by atoms with van der Waals surface area (Å²) >= 11 is 1.38. The van der Waals surface area contributed by atoms with Crippen LogP contribution in [-0.4, -0.2) is 36.0 Å². The van der Waals surface area contributed by atoms with Gasteiger partial charge in [-0.05, 0) is 48.9 Å². The van der Waals surface area contributed by atoms with Gasteiger partial charge in [-0.25, -0.2) is 4.39 Å². The number of ketones is 1. The molecule has 1 aromatic heterocycles. The standard InChI is InChI=1S/C20H19FN2O4S/c1-25-17-10-7-14(12-18(17)26-2)19-22-23-20(27-19)28-11-3-4-16(24)13-5-8-15(21)9-6-13/h5-10,12H,3-4,11H2,1-2H3. The average Bonchev–Trinajstić information content (AvgIpc) is 3.20. The molecule has 146 valence electrons. The molecule has 6 nitrogen and oxygen atoms in total. The summed E-state index contributed by atoms with van der Waals surface area (Å²) in [5.41, 5.74) is 1.24. The molecule has 0 N–H and O–H groups in total. The van der Waals surface area contributed by atoms with E-state index < -0.39 is 0 Å². The minimum atomic E-state index is -0.353. The topological polar surface area (TPSA) is 74.5 Å². The van der Waals surface area contributed by atoms with E-state index in [4.69, 9.17) is 13.9 Å². The fraction of sp³-hybridized carbons (Fsp3) is 0.250. The number of rotatable bonds is 9. The van der Waals surface area contributed by atoms with Gasteiger partial charge in [0.1, 0.15) is 5.82 Å². The van der Waals surface area contributed by atoms with E-state index >= 15 is 0 Å². The summed E-state index contributed by atoms with van der Waals surface area (Å²) < 4.78 is 29.1. The predicted molar refractivity (Wildman–Crippen MR) is 104 cm³/mol. The second kappa shape index (κ2) is 9.36. The molecule has 0 radical (unpaired) electrons. The van der Waals surface area contributed by atoms with Crippen molar-refractivity contribution in [3.63, 3.8) is 0 Å². The molecule has 0 fully saturated rings. The van der Waals surface area contributed by atoms with Gasteiger partial charge >= 0.3 is 0 Å². The minimum absolute atomic E-state index is 0.0165. The number of Topliss-reactive ketones (excluding diaryl/α,β-unsaturated/α-hetero) is 1. The summed E-state index contributed by atoms with van der Waals surface area (Å²) in [6, 6.07) is 10.9. The largest absolute Gasteiger partial charge is 0.493 e. The number of aromatic nitrogens is 2. The molecular formula is C20H19FN2O4S. The van der Waals surface area contributed by atoms with E-state index in [0.717, 1.165) is 5.56 Å². The fourth-order valence-corrected chi connectivity index (χ4v) is 3.23. The van der Waals surface area contributed by atoms with Crippen LogP contribution in [0.15, 0.2) is 52.1 Å². The number of nitrogens with zero attached hydrogens (tertiary/aromatic N) is 2. The number of carbonyl (C=O) groups excluding carboxylic acids is 1. The van der Waals surface area contributed by atoms with Crippen molar-refractivity contribution >= 4 is 17.5 Å². The summed E-state index contributed by atoms with van der Waals surface area (Å²) in [4.78, 5) is 12.1. The molecule has 28 heavy (non-hydrogen) atoms. The van der Waals surface area contributed by atoms with Crippen molar-refractivity contribution in [1.29, 1.82) is 0 Å². The number of methoxy groups -OCH3 is 2. The van der Waals surface area contributed by atoms with E-state index in [9.17, 15) is 9.18 Å². The molecule has 0 amide bonds. The van der Waals surface area contributed by atoms with Gasteiger partial charge in [0.25, 0.3) is 5.22 Å². The van der Waals surface area contributed by atoms with Crippen molar-refractivity contribution in [2.24, 2.45) is 0 Å². The molecule has 8 heteroatoms. The molecular weight excluding hydrogens is 383 g/mol. The van der Waals surface area contributed by atoms with E-state index in [1.165, 1.54) is 36.0 Å². The lowest BCUT2D eigenvalue weighted by Crippen LogP contribution is -1.99. The third-order valence-corrected chi connectivity index (χ3v) is 4.88. The van der Waals surface area contributed by atoms with Gasteiger partial charge in [-0.3, -0.25) is 4.79 Å². The third-order valence-electron chi connectivity index (χ3n) is 3.98.